The molecule has 5 heteroatoms. The predicted octanol–water partition coefficient (Wildman–Crippen LogP) is 1.76. The van der Waals surface area contributed by atoms with Crippen LogP contribution in [0.15, 0.2) is 36.5 Å². The van der Waals surface area contributed by atoms with Gasteiger partial charge in [0.2, 0.25) is 0 Å². The number of aliphatic hydroxyl groups excluding tert-OH is 1. The lowest BCUT2D eigenvalue weighted by Gasteiger charge is -2.23. The summed E-state index contributed by atoms with van der Waals surface area (Å²) in [6, 6.07) is 7.82. The van der Waals surface area contributed by atoms with Crippen LogP contribution < -0.4 is 21.1 Å². The molecule has 1 aromatic rings. The Hall–Kier alpha value is -2.00. The molecule has 0 saturated carbocycles. The Morgan fingerprint density at radius 1 is 1.42 bits per heavy atom. The number of ether oxygens (including phenoxy) is 1. The van der Waals surface area contributed by atoms with Crippen LogP contribution in [0, 0.1) is 11.8 Å². The smallest absolute Gasteiger partial charge is 0.120 e. The molecule has 142 valence electrons. The van der Waals surface area contributed by atoms with E-state index >= 15 is 0 Å². The van der Waals surface area contributed by atoms with Gasteiger partial charge >= 0.3 is 0 Å². The van der Waals surface area contributed by atoms with Crippen LogP contribution in [0.3, 0.4) is 0 Å². The van der Waals surface area contributed by atoms with Crippen LogP contribution >= 0.6 is 0 Å². The predicted molar refractivity (Wildman–Crippen MR) is 106 cm³/mol. The molecule has 0 spiro atoms. The maximum atomic E-state index is 8.87. The summed E-state index contributed by atoms with van der Waals surface area (Å²) in [5.41, 5.74) is 7.62. The zero-order valence-electron chi connectivity index (χ0n) is 15.5. The highest BCUT2D eigenvalue weighted by atomic mass is 16.5. The summed E-state index contributed by atoms with van der Waals surface area (Å²) < 4.78 is 6.05. The Morgan fingerprint density at radius 2 is 2.23 bits per heavy atom. The molecule has 0 amide bonds. The lowest BCUT2D eigenvalue weighted by Crippen LogP contribution is -2.34. The molecule has 0 bridgehead atoms. The summed E-state index contributed by atoms with van der Waals surface area (Å²) in [7, 11) is 0. The number of benzene rings is 1. The molecule has 5 N–H and O–H groups in total. The first kappa shape index (κ1) is 20.3. The highest BCUT2D eigenvalue weighted by Gasteiger charge is 2.14. The van der Waals surface area contributed by atoms with Gasteiger partial charge in [-0.25, -0.2) is 0 Å². The van der Waals surface area contributed by atoms with Gasteiger partial charge in [0, 0.05) is 36.9 Å². The van der Waals surface area contributed by atoms with Gasteiger partial charge in [-0.1, -0.05) is 24.5 Å². The summed E-state index contributed by atoms with van der Waals surface area (Å²) in [6.45, 7) is 6.80. The molecular weight excluding hydrogens is 326 g/mol. The van der Waals surface area contributed by atoms with E-state index in [1.807, 2.05) is 24.3 Å². The SMILES string of the molecule is C=C(NCCCC#Cc1cccc(OC2CCNCC2)c1)[C@@H](N)CCO. The van der Waals surface area contributed by atoms with Crippen molar-refractivity contribution >= 4 is 0 Å². The fourth-order valence-electron chi connectivity index (χ4n) is 2.79. The van der Waals surface area contributed by atoms with E-state index in [0.29, 0.717) is 12.5 Å². The summed E-state index contributed by atoms with van der Waals surface area (Å²) >= 11 is 0. The number of unbranched alkanes of at least 4 members (excludes halogenated alkanes) is 1. The van der Waals surface area contributed by atoms with Gasteiger partial charge in [-0.3, -0.25) is 0 Å². The van der Waals surface area contributed by atoms with Crippen molar-refractivity contribution in [3.8, 4) is 17.6 Å². The van der Waals surface area contributed by atoms with Crippen LogP contribution in [0.2, 0.25) is 0 Å². The van der Waals surface area contributed by atoms with Crippen molar-refractivity contribution in [3.05, 3.63) is 42.1 Å². The third kappa shape index (κ3) is 7.49. The van der Waals surface area contributed by atoms with Crippen molar-refractivity contribution in [2.75, 3.05) is 26.2 Å². The van der Waals surface area contributed by atoms with Crippen LogP contribution in [-0.4, -0.2) is 43.5 Å². The first-order valence-electron chi connectivity index (χ1n) is 9.44. The molecule has 0 aliphatic carbocycles. The lowest BCUT2D eigenvalue weighted by molar-refractivity contribution is 0.162. The molecule has 2 rings (SSSR count). The summed E-state index contributed by atoms with van der Waals surface area (Å²) in [5.74, 6) is 7.31. The molecule has 1 heterocycles. The van der Waals surface area contributed by atoms with Crippen molar-refractivity contribution < 1.29 is 9.84 Å². The topological polar surface area (TPSA) is 79.5 Å². The fraction of sp³-hybridized carbons (Fsp3) is 0.524. The molecule has 1 fully saturated rings. The number of hydrogen-bond donors (Lipinski definition) is 4. The van der Waals surface area contributed by atoms with Crippen molar-refractivity contribution in [2.45, 2.75) is 44.2 Å². The van der Waals surface area contributed by atoms with Crippen LogP contribution in [0.1, 0.15) is 37.7 Å². The minimum atomic E-state index is -0.200. The molecule has 1 atom stereocenters. The third-order valence-electron chi connectivity index (χ3n) is 4.37. The van der Waals surface area contributed by atoms with E-state index in [1.54, 1.807) is 0 Å². The number of piperidine rings is 1. The second kappa shape index (κ2) is 11.6. The first-order valence-corrected chi connectivity index (χ1v) is 9.44. The number of nitrogens with two attached hydrogens (primary N) is 1. The van der Waals surface area contributed by atoms with Gasteiger partial charge in [0.25, 0.3) is 0 Å². The molecule has 1 aliphatic heterocycles. The average Bonchev–Trinajstić information content (AvgIpc) is 2.65. The summed E-state index contributed by atoms with van der Waals surface area (Å²) in [6.07, 6.45) is 4.65. The van der Waals surface area contributed by atoms with Gasteiger partial charge in [0.15, 0.2) is 0 Å². The minimum absolute atomic E-state index is 0.0771. The third-order valence-corrected chi connectivity index (χ3v) is 4.37. The van der Waals surface area contributed by atoms with Gasteiger partial charge in [-0.05, 0) is 57.0 Å². The van der Waals surface area contributed by atoms with Crippen molar-refractivity contribution in [1.29, 1.82) is 0 Å². The van der Waals surface area contributed by atoms with E-state index in [-0.39, 0.29) is 12.6 Å². The molecule has 1 aliphatic rings. The minimum Gasteiger partial charge on any atom is -0.490 e. The second-order valence-corrected chi connectivity index (χ2v) is 6.57. The van der Waals surface area contributed by atoms with E-state index in [1.165, 1.54) is 0 Å². The molecule has 0 aromatic heterocycles. The Bertz CT molecular complexity index is 615. The zero-order valence-corrected chi connectivity index (χ0v) is 15.5. The number of aliphatic hydroxyl groups is 1. The number of rotatable bonds is 9. The Kier molecular flexibility index (Phi) is 9.05. The van der Waals surface area contributed by atoms with Crippen LogP contribution in [0.25, 0.3) is 0 Å². The maximum absolute atomic E-state index is 8.87. The molecule has 0 unspecified atom stereocenters. The van der Waals surface area contributed by atoms with Crippen LogP contribution in [-0.2, 0) is 0 Å². The Morgan fingerprint density at radius 3 is 3.00 bits per heavy atom. The van der Waals surface area contributed by atoms with Gasteiger partial charge < -0.3 is 26.2 Å². The van der Waals surface area contributed by atoms with E-state index < -0.39 is 0 Å². The molecule has 0 radical (unpaired) electrons. The zero-order chi connectivity index (χ0) is 18.6. The van der Waals surface area contributed by atoms with E-state index in [0.717, 1.165) is 62.3 Å². The van der Waals surface area contributed by atoms with Crippen molar-refractivity contribution in [3.63, 3.8) is 0 Å². The summed E-state index contributed by atoms with van der Waals surface area (Å²) in [4.78, 5) is 0. The van der Waals surface area contributed by atoms with Gasteiger partial charge in [0.05, 0.1) is 0 Å². The van der Waals surface area contributed by atoms with Crippen LogP contribution in [0.4, 0.5) is 0 Å². The quantitative estimate of drug-likeness (QED) is 0.400. The molecule has 5 nitrogen and oxygen atoms in total. The standard InChI is InChI=1S/C21H31N3O2/c1-17(21(22)11-15-25)24-12-4-2-3-6-18-7-5-8-20(16-18)26-19-9-13-23-14-10-19/h5,7-8,16,19,21,23-25H,1-2,4,9-15,22H2/t21-/m0/s1. The Balaban J connectivity index is 1.70. The molecule has 1 aromatic carbocycles. The summed E-state index contributed by atoms with van der Waals surface area (Å²) in [5, 5.41) is 15.4. The lowest BCUT2D eigenvalue weighted by atomic mass is 10.1. The first-order chi connectivity index (χ1) is 12.7. The Labute approximate surface area is 157 Å². The highest BCUT2D eigenvalue weighted by Crippen LogP contribution is 2.17. The number of nitrogens with one attached hydrogen (secondary N) is 2. The fourth-order valence-corrected chi connectivity index (χ4v) is 2.79. The maximum Gasteiger partial charge on any atom is 0.120 e. The van der Waals surface area contributed by atoms with Crippen molar-refractivity contribution in [2.24, 2.45) is 5.73 Å². The highest BCUT2D eigenvalue weighted by molar-refractivity contribution is 5.39. The normalized spacial score (nSPS) is 15.6. The van der Waals surface area contributed by atoms with Gasteiger partial charge in [-0.2, -0.15) is 0 Å². The largest absolute Gasteiger partial charge is 0.490 e. The molecular formula is C21H31N3O2. The number of hydrogen-bond acceptors (Lipinski definition) is 5. The van der Waals surface area contributed by atoms with Gasteiger partial charge in [0.1, 0.15) is 11.9 Å². The van der Waals surface area contributed by atoms with E-state index in [9.17, 15) is 0 Å². The van der Waals surface area contributed by atoms with Crippen molar-refractivity contribution in [1.82, 2.24) is 10.6 Å². The van der Waals surface area contributed by atoms with Gasteiger partial charge in [-0.15, -0.1) is 0 Å². The molecule has 1 saturated heterocycles. The van der Waals surface area contributed by atoms with Crippen LogP contribution in [0.5, 0.6) is 5.75 Å². The monoisotopic (exact) mass is 357 g/mol. The second-order valence-electron chi connectivity index (χ2n) is 6.57. The van der Waals surface area contributed by atoms with E-state index in [2.05, 4.69) is 29.1 Å². The average molecular weight is 357 g/mol. The molecule has 26 heavy (non-hydrogen) atoms. The van der Waals surface area contributed by atoms with E-state index in [4.69, 9.17) is 15.6 Å².